The highest BCUT2D eigenvalue weighted by atomic mass is 13.7. The summed E-state index contributed by atoms with van der Waals surface area (Å²) in [5.74, 6) is 0. The zero-order valence-electron chi connectivity index (χ0n) is 7.93. The Labute approximate surface area is 81.0 Å². The van der Waals surface area contributed by atoms with Crippen LogP contribution < -0.4 is 0 Å². The normalized spacial score (nSPS) is 13.3. The first-order chi connectivity index (χ1) is 6.41. The molecule has 0 nitrogen and oxygen atoms in total. The minimum Gasteiger partial charge on any atom is -0.0877 e. The molecule has 0 aromatic carbocycles. The van der Waals surface area contributed by atoms with Crippen LogP contribution in [0.3, 0.4) is 0 Å². The summed E-state index contributed by atoms with van der Waals surface area (Å²) in [5, 5.41) is 0. The van der Waals surface area contributed by atoms with Gasteiger partial charge in [0.1, 0.15) is 0 Å². The topological polar surface area (TPSA) is 0 Å². The Morgan fingerprint density at radius 3 is 1.38 bits per heavy atom. The van der Waals surface area contributed by atoms with Crippen molar-refractivity contribution < 1.29 is 0 Å². The molecule has 1 radical (unpaired) electrons. The Bertz CT molecular complexity index is 247. The first-order valence-electron chi connectivity index (χ1n) is 4.24. The van der Waals surface area contributed by atoms with Gasteiger partial charge < -0.3 is 0 Å². The molecule has 0 aromatic heterocycles. The number of hydrogen-bond donors (Lipinski definition) is 0. The van der Waals surface area contributed by atoms with E-state index in [-0.39, 0.29) is 0 Å². The second-order valence-corrected chi connectivity index (χ2v) is 2.26. The van der Waals surface area contributed by atoms with Gasteiger partial charge in [0, 0.05) is 0 Å². The standard InChI is InChI=1S/C13H15/c1-3-5-7-9-11-13-12-10-8-6-4-2/h1,3-13H,2H3. The fourth-order valence-electron chi connectivity index (χ4n) is 0.624. The van der Waals surface area contributed by atoms with Crippen molar-refractivity contribution >= 4 is 0 Å². The Morgan fingerprint density at radius 1 is 0.615 bits per heavy atom. The molecule has 0 bridgehead atoms. The van der Waals surface area contributed by atoms with Crippen molar-refractivity contribution in [2.24, 2.45) is 0 Å². The molecule has 0 atom stereocenters. The van der Waals surface area contributed by atoms with Crippen LogP contribution in [0.5, 0.6) is 0 Å². The Kier molecular flexibility index (Phi) is 9.19. The van der Waals surface area contributed by atoms with Crippen LogP contribution in [0.2, 0.25) is 0 Å². The quantitative estimate of drug-likeness (QED) is 0.552. The molecule has 0 aromatic rings. The van der Waals surface area contributed by atoms with Gasteiger partial charge in [-0.25, -0.2) is 0 Å². The van der Waals surface area contributed by atoms with E-state index in [2.05, 4.69) is 0 Å². The SMILES string of the molecule is [CH]=CC=CC=CC=CC=CC=CC. The van der Waals surface area contributed by atoms with Gasteiger partial charge in [0.15, 0.2) is 0 Å². The van der Waals surface area contributed by atoms with E-state index in [1.807, 2.05) is 61.6 Å². The number of allylic oxidation sites excluding steroid dienone is 11. The minimum absolute atomic E-state index is 1.50. The highest BCUT2D eigenvalue weighted by Crippen LogP contribution is 1.83. The molecule has 0 N–H and O–H groups in total. The third-order valence-electron chi connectivity index (χ3n) is 1.19. The summed E-state index contributed by atoms with van der Waals surface area (Å²) < 4.78 is 0. The molecule has 0 amide bonds. The van der Waals surface area contributed by atoms with E-state index in [4.69, 9.17) is 6.58 Å². The molecule has 0 heterocycles. The van der Waals surface area contributed by atoms with E-state index in [1.54, 1.807) is 6.08 Å². The van der Waals surface area contributed by atoms with E-state index in [9.17, 15) is 0 Å². The van der Waals surface area contributed by atoms with Crippen molar-refractivity contribution in [3.05, 3.63) is 73.4 Å². The zero-order valence-corrected chi connectivity index (χ0v) is 7.93. The fourth-order valence-corrected chi connectivity index (χ4v) is 0.624. The van der Waals surface area contributed by atoms with Crippen molar-refractivity contribution in [2.75, 3.05) is 0 Å². The van der Waals surface area contributed by atoms with Gasteiger partial charge in [-0.05, 0) is 6.92 Å². The van der Waals surface area contributed by atoms with Crippen LogP contribution in [0.4, 0.5) is 0 Å². The summed E-state index contributed by atoms with van der Waals surface area (Å²) in [6.45, 7) is 7.13. The third kappa shape index (κ3) is 10.4. The van der Waals surface area contributed by atoms with Crippen molar-refractivity contribution in [2.45, 2.75) is 6.92 Å². The van der Waals surface area contributed by atoms with Gasteiger partial charge in [-0.2, -0.15) is 0 Å². The molecular weight excluding hydrogens is 156 g/mol. The maximum atomic E-state index is 5.14. The van der Waals surface area contributed by atoms with E-state index in [1.165, 1.54) is 6.08 Å². The predicted octanol–water partition coefficient (Wildman–Crippen LogP) is 3.78. The summed E-state index contributed by atoms with van der Waals surface area (Å²) in [6, 6.07) is 0. The van der Waals surface area contributed by atoms with E-state index in [0.717, 1.165) is 0 Å². The second kappa shape index (κ2) is 10.4. The maximum Gasteiger partial charge on any atom is -0.0467 e. The Hall–Kier alpha value is -1.56. The monoisotopic (exact) mass is 171 g/mol. The molecule has 0 fully saturated rings. The summed E-state index contributed by atoms with van der Waals surface area (Å²) in [6.07, 6.45) is 20.9. The Morgan fingerprint density at radius 2 is 1.00 bits per heavy atom. The van der Waals surface area contributed by atoms with Crippen LogP contribution in [-0.2, 0) is 0 Å². The average molecular weight is 171 g/mol. The van der Waals surface area contributed by atoms with Gasteiger partial charge >= 0.3 is 0 Å². The summed E-state index contributed by atoms with van der Waals surface area (Å²) in [4.78, 5) is 0. The third-order valence-corrected chi connectivity index (χ3v) is 1.19. The highest BCUT2D eigenvalue weighted by molar-refractivity contribution is 5.18. The maximum absolute atomic E-state index is 5.14. The minimum atomic E-state index is 1.50. The molecule has 0 aliphatic rings. The number of rotatable bonds is 5. The van der Waals surface area contributed by atoms with Gasteiger partial charge in [0.25, 0.3) is 0 Å². The fraction of sp³-hybridized carbons (Fsp3) is 0.0769. The smallest absolute Gasteiger partial charge is 0.0467 e. The van der Waals surface area contributed by atoms with Crippen LogP contribution in [0, 0.1) is 6.58 Å². The van der Waals surface area contributed by atoms with Crippen LogP contribution >= 0.6 is 0 Å². The lowest BCUT2D eigenvalue weighted by Crippen LogP contribution is -1.51. The van der Waals surface area contributed by atoms with Gasteiger partial charge in [-0.1, -0.05) is 73.4 Å². The molecule has 0 heteroatoms. The molecule has 0 rings (SSSR count). The van der Waals surface area contributed by atoms with Crippen molar-refractivity contribution in [1.29, 1.82) is 0 Å². The molecule has 0 spiro atoms. The lowest BCUT2D eigenvalue weighted by atomic mass is 10.3. The lowest BCUT2D eigenvalue weighted by Gasteiger charge is -1.73. The first-order valence-corrected chi connectivity index (χ1v) is 4.24. The molecule has 0 saturated carbocycles. The molecule has 67 valence electrons. The van der Waals surface area contributed by atoms with Crippen molar-refractivity contribution in [3.63, 3.8) is 0 Å². The van der Waals surface area contributed by atoms with Crippen LogP contribution in [0.1, 0.15) is 6.92 Å². The molecule has 0 saturated heterocycles. The second-order valence-electron chi connectivity index (χ2n) is 2.26. The van der Waals surface area contributed by atoms with Gasteiger partial charge in [0.05, 0.1) is 0 Å². The lowest BCUT2D eigenvalue weighted by molar-refractivity contribution is 1.73. The van der Waals surface area contributed by atoms with Gasteiger partial charge in [-0.3, -0.25) is 0 Å². The van der Waals surface area contributed by atoms with Crippen LogP contribution in [-0.4, -0.2) is 0 Å². The summed E-state index contributed by atoms with van der Waals surface area (Å²) in [5.41, 5.74) is 0. The van der Waals surface area contributed by atoms with E-state index in [0.29, 0.717) is 0 Å². The van der Waals surface area contributed by atoms with Crippen LogP contribution in [0.25, 0.3) is 0 Å². The zero-order chi connectivity index (χ0) is 9.78. The van der Waals surface area contributed by atoms with Gasteiger partial charge in [0.2, 0.25) is 0 Å². The molecule has 13 heavy (non-hydrogen) atoms. The summed E-state index contributed by atoms with van der Waals surface area (Å²) >= 11 is 0. The van der Waals surface area contributed by atoms with Crippen molar-refractivity contribution in [1.82, 2.24) is 0 Å². The Balaban J connectivity index is 3.68. The van der Waals surface area contributed by atoms with E-state index < -0.39 is 0 Å². The van der Waals surface area contributed by atoms with E-state index >= 15 is 0 Å². The van der Waals surface area contributed by atoms with Crippen molar-refractivity contribution in [3.8, 4) is 0 Å². The first kappa shape index (κ1) is 11.4. The molecule has 0 unspecified atom stereocenters. The molecule has 0 aliphatic heterocycles. The average Bonchev–Trinajstić information content (AvgIpc) is 2.16. The molecular formula is C13H15. The molecule has 0 aliphatic carbocycles. The summed E-state index contributed by atoms with van der Waals surface area (Å²) in [7, 11) is 0. The largest absolute Gasteiger partial charge is 0.0877 e. The number of hydrogen-bond acceptors (Lipinski definition) is 0. The highest BCUT2D eigenvalue weighted by Gasteiger charge is 1.61. The van der Waals surface area contributed by atoms with Gasteiger partial charge in [-0.15, -0.1) is 0 Å². The van der Waals surface area contributed by atoms with Crippen LogP contribution in [0.15, 0.2) is 66.8 Å². The predicted molar refractivity (Wildman–Crippen MR) is 60.2 cm³/mol.